The number of hydrogen-bond acceptors (Lipinski definition) is 4. The number of rotatable bonds is 2. The number of aromatic nitrogens is 3. The van der Waals surface area contributed by atoms with Crippen LogP contribution in [-0.2, 0) is 0 Å². The van der Waals surface area contributed by atoms with Crippen LogP contribution < -0.4 is 5.32 Å². The van der Waals surface area contributed by atoms with Crippen LogP contribution in [0, 0.1) is 0 Å². The van der Waals surface area contributed by atoms with E-state index in [1.54, 1.807) is 23.7 Å². The Balaban J connectivity index is 2.23. The molecule has 0 aliphatic rings. The Morgan fingerprint density at radius 1 is 1.32 bits per heavy atom. The summed E-state index contributed by atoms with van der Waals surface area (Å²) in [6.45, 7) is 6.43. The summed E-state index contributed by atoms with van der Waals surface area (Å²) >= 11 is 1.70. The average molecular weight is 272 g/mol. The summed E-state index contributed by atoms with van der Waals surface area (Å²) in [5.41, 5.74) is 1.82. The van der Waals surface area contributed by atoms with Gasteiger partial charge in [0.25, 0.3) is 0 Å². The van der Waals surface area contributed by atoms with Gasteiger partial charge in [0, 0.05) is 17.9 Å². The van der Waals surface area contributed by atoms with Gasteiger partial charge in [-0.3, -0.25) is 9.38 Å². The first-order valence-corrected chi connectivity index (χ1v) is 7.07. The minimum absolute atomic E-state index is 0.0226. The third kappa shape index (κ3) is 2.33. The molecule has 0 amide bonds. The lowest BCUT2D eigenvalue weighted by Crippen LogP contribution is -2.27. The lowest BCUT2D eigenvalue weighted by molar-refractivity contribution is 0.629. The van der Waals surface area contributed by atoms with Crippen molar-refractivity contribution >= 4 is 22.8 Å². The lowest BCUT2D eigenvalue weighted by Gasteiger charge is -2.22. The molecule has 0 aliphatic carbocycles. The van der Waals surface area contributed by atoms with Crippen LogP contribution in [-0.4, -0.2) is 19.9 Å². The highest BCUT2D eigenvalue weighted by molar-refractivity contribution is 7.13. The van der Waals surface area contributed by atoms with Crippen molar-refractivity contribution in [3.05, 3.63) is 36.1 Å². The standard InChI is InChI=1S/C14H16N4S/c1-14(2,3)17-13-12(10-5-4-8-19-10)16-11-9-15-6-7-18(11)13/h4-9,17H,1-3H3. The van der Waals surface area contributed by atoms with Crippen LogP contribution in [0.25, 0.3) is 16.2 Å². The molecule has 0 atom stereocenters. The second-order valence-corrected chi connectivity index (χ2v) is 6.41. The highest BCUT2D eigenvalue weighted by Gasteiger charge is 2.19. The molecule has 0 unspecified atom stereocenters. The molecule has 3 aromatic rings. The van der Waals surface area contributed by atoms with Gasteiger partial charge in [0.1, 0.15) is 11.5 Å². The monoisotopic (exact) mass is 272 g/mol. The molecule has 0 radical (unpaired) electrons. The van der Waals surface area contributed by atoms with Crippen LogP contribution in [0.15, 0.2) is 36.1 Å². The molecule has 3 aromatic heterocycles. The first-order valence-electron chi connectivity index (χ1n) is 6.19. The Morgan fingerprint density at radius 3 is 2.84 bits per heavy atom. The zero-order valence-corrected chi connectivity index (χ0v) is 12.0. The van der Waals surface area contributed by atoms with E-state index in [1.165, 1.54) is 0 Å². The number of thiophene rings is 1. The Bertz CT molecular complexity index is 692. The fraction of sp³-hybridized carbons (Fsp3) is 0.286. The fourth-order valence-electron chi connectivity index (χ4n) is 1.97. The van der Waals surface area contributed by atoms with Crippen LogP contribution >= 0.6 is 11.3 Å². The number of hydrogen-bond donors (Lipinski definition) is 1. The molecule has 0 saturated heterocycles. The molecular formula is C14H16N4S. The topological polar surface area (TPSA) is 42.2 Å². The molecule has 1 N–H and O–H groups in total. The van der Waals surface area contributed by atoms with Crippen molar-refractivity contribution in [3.8, 4) is 10.6 Å². The largest absolute Gasteiger partial charge is 0.365 e. The highest BCUT2D eigenvalue weighted by Crippen LogP contribution is 2.33. The predicted molar refractivity (Wildman–Crippen MR) is 79.7 cm³/mol. The number of imidazole rings is 1. The van der Waals surface area contributed by atoms with E-state index in [-0.39, 0.29) is 5.54 Å². The van der Waals surface area contributed by atoms with Crippen LogP contribution in [0.1, 0.15) is 20.8 Å². The van der Waals surface area contributed by atoms with Crippen LogP contribution in [0.3, 0.4) is 0 Å². The summed E-state index contributed by atoms with van der Waals surface area (Å²) in [7, 11) is 0. The Morgan fingerprint density at radius 2 is 2.16 bits per heavy atom. The Hall–Kier alpha value is -1.88. The number of nitrogens with zero attached hydrogens (tertiary/aromatic N) is 3. The van der Waals surface area contributed by atoms with E-state index < -0.39 is 0 Å². The molecule has 0 aliphatic heterocycles. The summed E-state index contributed by atoms with van der Waals surface area (Å²) in [6, 6.07) is 4.14. The minimum Gasteiger partial charge on any atom is -0.365 e. The van der Waals surface area contributed by atoms with Crippen molar-refractivity contribution in [2.45, 2.75) is 26.3 Å². The van der Waals surface area contributed by atoms with E-state index in [9.17, 15) is 0 Å². The molecule has 0 fully saturated rings. The predicted octanol–water partition coefficient (Wildman–Crippen LogP) is 3.67. The molecule has 3 heterocycles. The molecule has 98 valence electrons. The summed E-state index contributed by atoms with van der Waals surface area (Å²) in [4.78, 5) is 9.99. The zero-order chi connectivity index (χ0) is 13.5. The number of fused-ring (bicyclic) bond motifs is 1. The highest BCUT2D eigenvalue weighted by atomic mass is 32.1. The van der Waals surface area contributed by atoms with Gasteiger partial charge in [0.05, 0.1) is 11.1 Å². The molecule has 0 bridgehead atoms. The van der Waals surface area contributed by atoms with Gasteiger partial charge in [0.15, 0.2) is 5.65 Å². The summed E-state index contributed by atoms with van der Waals surface area (Å²) in [5, 5.41) is 5.61. The van der Waals surface area contributed by atoms with E-state index in [1.807, 2.05) is 16.7 Å². The summed E-state index contributed by atoms with van der Waals surface area (Å²) in [5.74, 6) is 1.02. The fourth-order valence-corrected chi connectivity index (χ4v) is 2.68. The van der Waals surface area contributed by atoms with E-state index in [0.717, 1.165) is 22.0 Å². The van der Waals surface area contributed by atoms with Crippen molar-refractivity contribution < 1.29 is 0 Å². The van der Waals surface area contributed by atoms with Gasteiger partial charge in [0.2, 0.25) is 0 Å². The van der Waals surface area contributed by atoms with Gasteiger partial charge in [-0.1, -0.05) is 6.07 Å². The second-order valence-electron chi connectivity index (χ2n) is 5.47. The molecule has 19 heavy (non-hydrogen) atoms. The van der Waals surface area contributed by atoms with E-state index in [4.69, 9.17) is 0 Å². The van der Waals surface area contributed by atoms with Crippen LogP contribution in [0.2, 0.25) is 0 Å². The zero-order valence-electron chi connectivity index (χ0n) is 11.2. The maximum absolute atomic E-state index is 4.69. The van der Waals surface area contributed by atoms with Gasteiger partial charge in [-0.05, 0) is 32.2 Å². The van der Waals surface area contributed by atoms with E-state index in [2.05, 4.69) is 47.5 Å². The van der Waals surface area contributed by atoms with Gasteiger partial charge in [-0.2, -0.15) is 0 Å². The van der Waals surface area contributed by atoms with E-state index in [0.29, 0.717) is 0 Å². The van der Waals surface area contributed by atoms with Crippen molar-refractivity contribution in [1.82, 2.24) is 14.4 Å². The van der Waals surface area contributed by atoms with Gasteiger partial charge >= 0.3 is 0 Å². The first kappa shape index (κ1) is 12.2. The average Bonchev–Trinajstić information content (AvgIpc) is 2.95. The summed E-state index contributed by atoms with van der Waals surface area (Å²) in [6.07, 6.45) is 5.50. The van der Waals surface area contributed by atoms with Crippen LogP contribution in [0.4, 0.5) is 5.82 Å². The maximum atomic E-state index is 4.69. The SMILES string of the molecule is CC(C)(C)Nc1c(-c2cccs2)nc2cnccn12. The van der Waals surface area contributed by atoms with Crippen molar-refractivity contribution in [3.63, 3.8) is 0 Å². The third-order valence-corrected chi connectivity index (χ3v) is 3.55. The van der Waals surface area contributed by atoms with Gasteiger partial charge < -0.3 is 5.32 Å². The second kappa shape index (κ2) is 4.35. The minimum atomic E-state index is -0.0226. The van der Waals surface area contributed by atoms with Gasteiger partial charge in [-0.15, -0.1) is 11.3 Å². The molecule has 5 heteroatoms. The van der Waals surface area contributed by atoms with Gasteiger partial charge in [-0.25, -0.2) is 4.98 Å². The molecule has 0 aromatic carbocycles. The van der Waals surface area contributed by atoms with Crippen molar-refractivity contribution in [2.75, 3.05) is 5.32 Å². The van der Waals surface area contributed by atoms with Crippen molar-refractivity contribution in [1.29, 1.82) is 0 Å². The lowest BCUT2D eigenvalue weighted by atomic mass is 10.1. The third-order valence-electron chi connectivity index (χ3n) is 2.68. The summed E-state index contributed by atoms with van der Waals surface area (Å²) < 4.78 is 2.05. The maximum Gasteiger partial charge on any atom is 0.157 e. The number of anilines is 1. The Labute approximate surface area is 116 Å². The molecule has 4 nitrogen and oxygen atoms in total. The smallest absolute Gasteiger partial charge is 0.157 e. The quantitative estimate of drug-likeness (QED) is 0.774. The molecule has 0 saturated carbocycles. The van der Waals surface area contributed by atoms with Crippen LogP contribution in [0.5, 0.6) is 0 Å². The molecule has 0 spiro atoms. The van der Waals surface area contributed by atoms with Crippen molar-refractivity contribution in [2.24, 2.45) is 0 Å². The van der Waals surface area contributed by atoms with E-state index >= 15 is 0 Å². The normalized spacial score (nSPS) is 11.9. The molecule has 3 rings (SSSR count). The Kier molecular flexibility index (Phi) is 2.78. The number of nitrogens with one attached hydrogen (secondary N) is 1. The first-order chi connectivity index (χ1) is 9.04. The molecular weight excluding hydrogens is 256 g/mol.